The van der Waals surface area contributed by atoms with Crippen LogP contribution in [-0.4, -0.2) is 32.2 Å². The number of benzene rings is 2. The maximum atomic E-state index is 12.2. The van der Waals surface area contributed by atoms with Gasteiger partial charge in [-0.05, 0) is 29.8 Å². The Morgan fingerprint density at radius 2 is 1.90 bits per heavy atom. The van der Waals surface area contributed by atoms with E-state index in [4.69, 9.17) is 9.29 Å². The summed E-state index contributed by atoms with van der Waals surface area (Å²) in [4.78, 5) is 28.2. The smallest absolute Gasteiger partial charge is 0.384 e. The van der Waals surface area contributed by atoms with Crippen LogP contribution in [0.5, 0.6) is 0 Å². The zero-order valence-corrected chi connectivity index (χ0v) is 15.9. The van der Waals surface area contributed by atoms with Crippen molar-refractivity contribution in [1.29, 1.82) is 0 Å². The molecule has 0 bridgehead atoms. The number of aromatic nitrogens is 1. The number of esters is 1. The van der Waals surface area contributed by atoms with Crippen molar-refractivity contribution < 1.29 is 23.1 Å². The Balaban J connectivity index is 1.53. The molecule has 1 amide bonds. The molecular formula is C21H16N2O5S. The van der Waals surface area contributed by atoms with Crippen molar-refractivity contribution in [2.45, 2.75) is 11.5 Å². The highest BCUT2D eigenvalue weighted by Crippen LogP contribution is 2.16. The molecule has 0 radical (unpaired) electrons. The lowest BCUT2D eigenvalue weighted by Gasteiger charge is -2.04. The van der Waals surface area contributed by atoms with E-state index < -0.39 is 23.0 Å². The van der Waals surface area contributed by atoms with Gasteiger partial charge in [-0.25, -0.2) is 14.0 Å². The second-order valence-electron chi connectivity index (χ2n) is 5.85. The molecule has 2 N–H and O–H groups in total. The molecule has 7 nitrogen and oxygen atoms in total. The average Bonchev–Trinajstić information content (AvgIpc) is 2.75. The monoisotopic (exact) mass is 408 g/mol. The molecule has 1 unspecified atom stereocenters. The summed E-state index contributed by atoms with van der Waals surface area (Å²) in [5.41, 5.74) is 1.54. The van der Waals surface area contributed by atoms with Crippen molar-refractivity contribution in [1.82, 2.24) is 10.3 Å². The summed E-state index contributed by atoms with van der Waals surface area (Å²) in [6.07, 6.45) is 0. The van der Waals surface area contributed by atoms with Gasteiger partial charge in [0.1, 0.15) is 12.3 Å². The van der Waals surface area contributed by atoms with E-state index in [-0.39, 0.29) is 23.7 Å². The average molecular weight is 408 g/mol. The third kappa shape index (κ3) is 5.72. The molecule has 8 heteroatoms. The highest BCUT2D eigenvalue weighted by molar-refractivity contribution is 7.79. The number of nitrogens with zero attached hydrogens (tertiary/aromatic N) is 1. The quantitative estimate of drug-likeness (QED) is 0.290. The number of pyridine rings is 1. The maximum Gasteiger partial charge on any atom is 0.384 e. The number of fused-ring (bicyclic) bond motifs is 1. The third-order valence-corrected chi connectivity index (χ3v) is 4.49. The van der Waals surface area contributed by atoms with Gasteiger partial charge in [0.2, 0.25) is 0 Å². The first-order chi connectivity index (χ1) is 14.0. The van der Waals surface area contributed by atoms with Crippen LogP contribution in [0, 0.1) is 11.8 Å². The van der Waals surface area contributed by atoms with Crippen LogP contribution in [0.15, 0.2) is 65.6 Å². The van der Waals surface area contributed by atoms with E-state index in [9.17, 15) is 13.8 Å². The number of ether oxygens (including phenoxy) is 1. The van der Waals surface area contributed by atoms with Crippen LogP contribution >= 0.6 is 0 Å². The molecule has 29 heavy (non-hydrogen) atoms. The normalized spacial score (nSPS) is 11.2. The fourth-order valence-electron chi connectivity index (χ4n) is 2.43. The lowest BCUT2D eigenvalue weighted by molar-refractivity contribution is -0.137. The predicted molar refractivity (Wildman–Crippen MR) is 107 cm³/mol. The number of hydrogen-bond acceptors (Lipinski definition) is 5. The Kier molecular flexibility index (Phi) is 6.68. The van der Waals surface area contributed by atoms with E-state index in [1.165, 1.54) is 18.2 Å². The molecule has 1 aromatic heterocycles. The summed E-state index contributed by atoms with van der Waals surface area (Å²) in [5.74, 6) is 3.71. The molecule has 0 fully saturated rings. The minimum atomic E-state index is -2.08. The minimum Gasteiger partial charge on any atom is -0.451 e. The van der Waals surface area contributed by atoms with Gasteiger partial charge in [-0.2, -0.15) is 0 Å². The second kappa shape index (κ2) is 9.59. The molecule has 0 aliphatic carbocycles. The number of rotatable bonds is 5. The Morgan fingerprint density at radius 3 is 2.66 bits per heavy atom. The molecule has 146 valence electrons. The molecule has 3 aromatic rings. The summed E-state index contributed by atoms with van der Waals surface area (Å²) in [7, 11) is 0. The first kappa shape index (κ1) is 20.2. The summed E-state index contributed by atoms with van der Waals surface area (Å²) < 4.78 is 25.2. The van der Waals surface area contributed by atoms with E-state index in [1.54, 1.807) is 12.1 Å². The van der Waals surface area contributed by atoms with Crippen molar-refractivity contribution >= 4 is 33.9 Å². The first-order valence-electron chi connectivity index (χ1n) is 8.52. The van der Waals surface area contributed by atoms with Crippen molar-refractivity contribution in [2.75, 3.05) is 6.54 Å². The summed E-state index contributed by atoms with van der Waals surface area (Å²) in [6, 6.07) is 16.9. The Bertz CT molecular complexity index is 1140. The number of hydrogen-bond donors (Lipinski definition) is 2. The summed E-state index contributed by atoms with van der Waals surface area (Å²) >= 11 is -2.08. The Labute approximate surface area is 169 Å². The Morgan fingerprint density at radius 1 is 1.10 bits per heavy atom. The summed E-state index contributed by atoms with van der Waals surface area (Å²) in [5, 5.41) is 3.19. The number of carbonyl (C=O) groups excluding carboxylic acids is 2. The third-order valence-electron chi connectivity index (χ3n) is 3.84. The van der Waals surface area contributed by atoms with Crippen molar-refractivity contribution in [3.05, 3.63) is 71.9 Å². The van der Waals surface area contributed by atoms with Crippen molar-refractivity contribution in [2.24, 2.45) is 0 Å². The summed E-state index contributed by atoms with van der Waals surface area (Å²) in [6.45, 7) is 0.0920. The van der Waals surface area contributed by atoms with Gasteiger partial charge < -0.3 is 14.6 Å². The highest BCUT2D eigenvalue weighted by Gasteiger charge is 2.08. The van der Waals surface area contributed by atoms with Crippen LogP contribution in [-0.2, 0) is 27.2 Å². The van der Waals surface area contributed by atoms with E-state index in [0.29, 0.717) is 10.9 Å². The van der Waals surface area contributed by atoms with Crippen molar-refractivity contribution in [3.63, 3.8) is 0 Å². The molecule has 3 rings (SSSR count). The van der Waals surface area contributed by atoms with Crippen LogP contribution in [0.4, 0.5) is 0 Å². The molecule has 2 aromatic carbocycles. The molecule has 1 heterocycles. The lowest BCUT2D eigenvalue weighted by atomic mass is 10.2. The van der Waals surface area contributed by atoms with Crippen LogP contribution < -0.4 is 5.32 Å². The standard InChI is InChI=1S/C21H16N2O5S/c24-20(28-14-15-5-2-1-3-6-15)7-4-12-22-21(25)19-10-8-16-13-17(29(26)27)9-11-18(16)23-19/h1-3,5-6,8-11,13H,12,14H2,(H,22,25)(H,26,27). The fraction of sp³-hybridized carbons (Fsp3) is 0.0952. The fourth-order valence-corrected chi connectivity index (χ4v) is 2.84. The van der Waals surface area contributed by atoms with Crippen LogP contribution in [0.2, 0.25) is 0 Å². The van der Waals surface area contributed by atoms with Gasteiger partial charge >= 0.3 is 5.97 Å². The van der Waals surface area contributed by atoms with Crippen LogP contribution in [0.25, 0.3) is 10.9 Å². The van der Waals surface area contributed by atoms with Gasteiger partial charge in [-0.3, -0.25) is 4.79 Å². The predicted octanol–water partition coefficient (Wildman–Crippen LogP) is 2.29. The first-order valence-corrected chi connectivity index (χ1v) is 9.63. The van der Waals surface area contributed by atoms with Gasteiger partial charge in [0.15, 0.2) is 11.1 Å². The molecule has 0 saturated carbocycles. The lowest BCUT2D eigenvalue weighted by Crippen LogP contribution is -2.24. The topological polar surface area (TPSA) is 106 Å². The van der Waals surface area contributed by atoms with Crippen LogP contribution in [0.1, 0.15) is 16.1 Å². The van der Waals surface area contributed by atoms with Gasteiger partial charge in [0.25, 0.3) is 5.91 Å². The SMILES string of the molecule is O=C(C#CCNC(=O)c1ccc2cc(S(=O)O)ccc2n1)OCc1ccccc1. The highest BCUT2D eigenvalue weighted by atomic mass is 32.2. The van der Waals surface area contributed by atoms with Gasteiger partial charge in [-0.15, -0.1) is 0 Å². The number of nitrogens with one attached hydrogen (secondary N) is 1. The van der Waals surface area contributed by atoms with Crippen molar-refractivity contribution in [3.8, 4) is 11.8 Å². The van der Waals surface area contributed by atoms with E-state index >= 15 is 0 Å². The molecule has 0 aliphatic heterocycles. The molecule has 0 saturated heterocycles. The second-order valence-corrected chi connectivity index (χ2v) is 6.82. The molecular weight excluding hydrogens is 392 g/mol. The zero-order valence-electron chi connectivity index (χ0n) is 15.1. The van der Waals surface area contributed by atoms with E-state index in [2.05, 4.69) is 22.1 Å². The van der Waals surface area contributed by atoms with Crippen LogP contribution in [0.3, 0.4) is 0 Å². The van der Waals surface area contributed by atoms with E-state index in [0.717, 1.165) is 5.56 Å². The minimum absolute atomic E-state index is 0.0403. The Hall–Kier alpha value is -3.54. The molecule has 0 aliphatic rings. The molecule has 1 atom stereocenters. The van der Waals surface area contributed by atoms with E-state index in [1.807, 2.05) is 30.3 Å². The zero-order chi connectivity index (χ0) is 20.6. The molecule has 0 spiro atoms. The van der Waals surface area contributed by atoms with Gasteiger partial charge in [0.05, 0.1) is 17.0 Å². The maximum absolute atomic E-state index is 12.2. The van der Waals surface area contributed by atoms with Gasteiger partial charge in [0, 0.05) is 11.3 Å². The number of amides is 1. The largest absolute Gasteiger partial charge is 0.451 e. The van der Waals surface area contributed by atoms with Gasteiger partial charge in [-0.1, -0.05) is 42.3 Å². The number of carbonyl (C=O) groups is 2.